The summed E-state index contributed by atoms with van der Waals surface area (Å²) >= 11 is 0. The van der Waals surface area contributed by atoms with Crippen molar-refractivity contribution in [2.45, 2.75) is 134 Å². The fourth-order valence-corrected chi connectivity index (χ4v) is 15.5. The van der Waals surface area contributed by atoms with E-state index in [-0.39, 0.29) is 0 Å². The average molecular weight is 614 g/mol. The lowest BCUT2D eigenvalue weighted by Crippen LogP contribution is -2.51. The SMILES string of the molecule is C1=CC(C2CCC=CC2C2CC3C4=C5C(CCC4)C4=C(CCCC4)C5CC3C3CC4=C(CC23)C2CCCC3=C2C4CCC3)NCC1. The van der Waals surface area contributed by atoms with Gasteiger partial charge in [-0.3, -0.25) is 0 Å². The van der Waals surface area contributed by atoms with Crippen molar-refractivity contribution in [3.05, 3.63) is 68.9 Å². The second-order valence-electron chi connectivity index (χ2n) is 18.3. The molecule has 1 N–H and O–H groups in total. The topological polar surface area (TPSA) is 12.0 Å². The van der Waals surface area contributed by atoms with Gasteiger partial charge in [-0.1, -0.05) is 68.9 Å². The average Bonchev–Trinajstić information content (AvgIpc) is 3.62. The molecule has 244 valence electrons. The third-order valence-electron chi connectivity index (χ3n) is 16.9. The van der Waals surface area contributed by atoms with E-state index < -0.39 is 0 Å². The molecule has 0 aromatic rings. The van der Waals surface area contributed by atoms with Gasteiger partial charge in [0.05, 0.1) is 0 Å². The minimum absolute atomic E-state index is 0.598. The number of fused-ring (bicyclic) bond motifs is 8. The maximum atomic E-state index is 4.03. The lowest BCUT2D eigenvalue weighted by atomic mass is 9.47. The van der Waals surface area contributed by atoms with Gasteiger partial charge in [0, 0.05) is 29.7 Å². The fourth-order valence-electron chi connectivity index (χ4n) is 15.5. The standard InChI is InChI=1S/C45H59N/c1-2-13-28-27(12-1)31-18-9-19-34-38-22-35(29-14-3-4-15-30(29)43-20-5-6-21-46-43)39-23-36-32-16-7-10-26-11-8-17-33(44(26)32)37(36)24-40(39)41(38)25-42(28)45(31)34/h3,5,14,20,29-33,35,38-43,46H,1-2,4,6-13,15-19,21-25H2. The van der Waals surface area contributed by atoms with Crippen molar-refractivity contribution in [3.63, 3.8) is 0 Å². The normalized spacial score (nSPS) is 47.3. The Kier molecular flexibility index (Phi) is 6.73. The summed E-state index contributed by atoms with van der Waals surface area (Å²) < 4.78 is 0. The molecule has 0 saturated heterocycles. The van der Waals surface area contributed by atoms with Crippen LogP contribution in [0.1, 0.15) is 128 Å². The lowest BCUT2D eigenvalue weighted by Gasteiger charge is -2.57. The van der Waals surface area contributed by atoms with E-state index in [1.54, 1.807) is 6.42 Å². The van der Waals surface area contributed by atoms with E-state index in [0.29, 0.717) is 6.04 Å². The summed E-state index contributed by atoms with van der Waals surface area (Å²) in [7, 11) is 0. The summed E-state index contributed by atoms with van der Waals surface area (Å²) in [6.07, 6.45) is 39.6. The minimum atomic E-state index is 0.598. The first kappa shape index (κ1) is 28.3. The Bertz CT molecular complexity index is 1490. The van der Waals surface area contributed by atoms with Crippen molar-refractivity contribution < 1.29 is 0 Å². The maximum Gasteiger partial charge on any atom is 0.0284 e. The molecule has 0 bridgehead atoms. The number of hydrogen-bond donors (Lipinski definition) is 1. The molecule has 12 atom stereocenters. The molecule has 11 aliphatic rings. The summed E-state index contributed by atoms with van der Waals surface area (Å²) in [6, 6.07) is 0.598. The molecule has 1 aliphatic heterocycles. The van der Waals surface area contributed by atoms with E-state index in [0.717, 1.165) is 65.1 Å². The third kappa shape index (κ3) is 4.02. The van der Waals surface area contributed by atoms with Crippen molar-refractivity contribution in [3.8, 4) is 0 Å². The van der Waals surface area contributed by atoms with Crippen molar-refractivity contribution in [1.29, 1.82) is 0 Å². The van der Waals surface area contributed by atoms with Crippen LogP contribution in [0.15, 0.2) is 68.9 Å². The Hall–Kier alpha value is -1.60. The molecule has 1 saturated carbocycles. The molecule has 1 heterocycles. The quantitative estimate of drug-likeness (QED) is 0.306. The monoisotopic (exact) mass is 613 g/mol. The number of rotatable bonds is 2. The summed E-state index contributed by atoms with van der Waals surface area (Å²) in [5, 5.41) is 4.03. The molecule has 1 heteroatoms. The molecule has 11 rings (SSSR count). The zero-order valence-electron chi connectivity index (χ0n) is 28.6. The van der Waals surface area contributed by atoms with Gasteiger partial charge in [0.25, 0.3) is 0 Å². The largest absolute Gasteiger partial charge is 0.310 e. The zero-order valence-corrected chi connectivity index (χ0v) is 28.6. The summed E-state index contributed by atoms with van der Waals surface area (Å²) in [5.41, 5.74) is 16.2. The van der Waals surface area contributed by atoms with Crippen molar-refractivity contribution in [1.82, 2.24) is 5.32 Å². The Morgan fingerprint density at radius 2 is 1.17 bits per heavy atom. The van der Waals surface area contributed by atoms with Crippen LogP contribution in [-0.4, -0.2) is 12.6 Å². The van der Waals surface area contributed by atoms with Crippen LogP contribution < -0.4 is 5.32 Å². The molecule has 46 heavy (non-hydrogen) atoms. The summed E-state index contributed by atoms with van der Waals surface area (Å²) in [6.45, 7) is 1.18. The van der Waals surface area contributed by atoms with E-state index in [4.69, 9.17) is 0 Å². The predicted octanol–water partition coefficient (Wildman–Crippen LogP) is 11.0. The smallest absolute Gasteiger partial charge is 0.0284 e. The van der Waals surface area contributed by atoms with Crippen LogP contribution in [0.25, 0.3) is 0 Å². The second-order valence-corrected chi connectivity index (χ2v) is 18.3. The Morgan fingerprint density at radius 3 is 1.93 bits per heavy atom. The molecule has 1 nitrogen and oxygen atoms in total. The molecule has 10 aliphatic carbocycles. The van der Waals surface area contributed by atoms with Crippen LogP contribution in [0, 0.1) is 65.1 Å². The van der Waals surface area contributed by atoms with Crippen molar-refractivity contribution >= 4 is 0 Å². The van der Waals surface area contributed by atoms with Gasteiger partial charge >= 0.3 is 0 Å². The maximum absolute atomic E-state index is 4.03. The lowest BCUT2D eigenvalue weighted by molar-refractivity contribution is -0.00997. The van der Waals surface area contributed by atoms with Gasteiger partial charge in [0.2, 0.25) is 0 Å². The van der Waals surface area contributed by atoms with Gasteiger partial charge in [-0.15, -0.1) is 0 Å². The highest BCUT2D eigenvalue weighted by Crippen LogP contribution is 2.68. The van der Waals surface area contributed by atoms with Crippen LogP contribution >= 0.6 is 0 Å². The van der Waals surface area contributed by atoms with Crippen LogP contribution in [0.3, 0.4) is 0 Å². The molecular weight excluding hydrogens is 555 g/mol. The van der Waals surface area contributed by atoms with Gasteiger partial charge in [0.1, 0.15) is 0 Å². The molecule has 0 aromatic carbocycles. The van der Waals surface area contributed by atoms with Crippen LogP contribution in [0.2, 0.25) is 0 Å². The summed E-state index contributed by atoms with van der Waals surface area (Å²) in [4.78, 5) is 0. The molecule has 12 unspecified atom stereocenters. The highest BCUT2D eigenvalue weighted by Gasteiger charge is 2.58. The molecule has 0 amide bonds. The number of allylic oxidation sites excluding steroid dienone is 10. The fraction of sp³-hybridized carbons (Fsp3) is 0.733. The van der Waals surface area contributed by atoms with E-state index in [1.165, 1.54) is 129 Å². The minimum Gasteiger partial charge on any atom is -0.310 e. The second kappa shape index (κ2) is 11.0. The van der Waals surface area contributed by atoms with Gasteiger partial charge in [-0.2, -0.15) is 0 Å². The van der Waals surface area contributed by atoms with Crippen LogP contribution in [-0.2, 0) is 0 Å². The summed E-state index contributed by atoms with van der Waals surface area (Å²) in [5.74, 6) is 9.68. The van der Waals surface area contributed by atoms with Gasteiger partial charge in [-0.05, 0) is 176 Å². The predicted molar refractivity (Wildman–Crippen MR) is 189 cm³/mol. The van der Waals surface area contributed by atoms with E-state index >= 15 is 0 Å². The van der Waals surface area contributed by atoms with Crippen LogP contribution in [0.5, 0.6) is 0 Å². The Morgan fingerprint density at radius 1 is 0.500 bits per heavy atom. The Labute approximate surface area is 279 Å². The van der Waals surface area contributed by atoms with Gasteiger partial charge in [0.15, 0.2) is 0 Å². The first-order valence-electron chi connectivity index (χ1n) is 20.8. The van der Waals surface area contributed by atoms with Crippen LogP contribution in [0.4, 0.5) is 0 Å². The van der Waals surface area contributed by atoms with E-state index in [2.05, 4.69) is 46.3 Å². The van der Waals surface area contributed by atoms with E-state index in [1.807, 2.05) is 27.9 Å². The van der Waals surface area contributed by atoms with Crippen molar-refractivity contribution in [2.75, 3.05) is 6.54 Å². The van der Waals surface area contributed by atoms with Gasteiger partial charge in [-0.25, -0.2) is 0 Å². The first-order chi connectivity index (χ1) is 22.8. The zero-order chi connectivity index (χ0) is 29.9. The molecule has 0 aromatic heterocycles. The number of nitrogens with one attached hydrogen (secondary N) is 1. The first-order valence-corrected chi connectivity index (χ1v) is 20.8. The van der Waals surface area contributed by atoms with Gasteiger partial charge < -0.3 is 5.32 Å². The Balaban J connectivity index is 1.03. The highest BCUT2D eigenvalue weighted by molar-refractivity contribution is 5.50. The number of hydrogen-bond acceptors (Lipinski definition) is 1. The molecule has 0 spiro atoms. The molecule has 0 radical (unpaired) electrons. The van der Waals surface area contributed by atoms with Crippen molar-refractivity contribution in [2.24, 2.45) is 65.1 Å². The molecule has 1 fully saturated rings. The van der Waals surface area contributed by atoms with E-state index in [9.17, 15) is 0 Å². The molecular formula is C45H59N. The highest BCUT2D eigenvalue weighted by atomic mass is 14.9. The third-order valence-corrected chi connectivity index (χ3v) is 16.9.